The summed E-state index contributed by atoms with van der Waals surface area (Å²) in [5.41, 5.74) is 1.99. The van der Waals surface area contributed by atoms with E-state index in [-0.39, 0.29) is 19.1 Å². The monoisotopic (exact) mass is 301 g/mol. The van der Waals surface area contributed by atoms with Crippen LogP contribution in [-0.4, -0.2) is 31.8 Å². The van der Waals surface area contributed by atoms with Crippen molar-refractivity contribution < 1.29 is 19.1 Å². The van der Waals surface area contributed by atoms with Gasteiger partial charge >= 0.3 is 12.1 Å². The molecule has 0 N–H and O–H groups in total. The molecule has 1 aromatic rings. The lowest BCUT2D eigenvalue weighted by Crippen LogP contribution is -2.42. The molecule has 1 aromatic carbocycles. The fourth-order valence-corrected chi connectivity index (χ4v) is 2.39. The molecule has 0 radical (unpaired) electrons. The summed E-state index contributed by atoms with van der Waals surface area (Å²) in [6.07, 6.45) is 3.64. The molecule has 0 fully saturated rings. The van der Waals surface area contributed by atoms with Crippen LogP contribution in [-0.2, 0) is 14.3 Å². The number of para-hydroxylation sites is 1. The van der Waals surface area contributed by atoms with Gasteiger partial charge in [-0.05, 0) is 18.6 Å². The van der Waals surface area contributed by atoms with E-state index >= 15 is 0 Å². The Morgan fingerprint density at radius 1 is 1.32 bits per heavy atom. The quantitative estimate of drug-likeness (QED) is 0.633. The molecule has 1 aliphatic rings. The molecule has 0 bridgehead atoms. The minimum absolute atomic E-state index is 0.284. The van der Waals surface area contributed by atoms with Crippen LogP contribution in [0.3, 0.4) is 0 Å². The molecule has 0 aliphatic carbocycles. The van der Waals surface area contributed by atoms with Crippen molar-refractivity contribution in [2.75, 3.05) is 18.6 Å². The Hall–Kier alpha value is -2.56. The van der Waals surface area contributed by atoms with Crippen LogP contribution in [0, 0.1) is 0 Å². The maximum atomic E-state index is 12.3. The van der Waals surface area contributed by atoms with Crippen LogP contribution in [0.1, 0.15) is 18.9 Å². The van der Waals surface area contributed by atoms with Crippen LogP contribution >= 0.6 is 0 Å². The van der Waals surface area contributed by atoms with Crippen LogP contribution < -0.4 is 4.90 Å². The number of carbonyl (C=O) groups is 2. The summed E-state index contributed by atoms with van der Waals surface area (Å²) in [6, 6.07) is 7.20. The smallest absolute Gasteiger partial charge is 0.414 e. The molecule has 0 saturated carbocycles. The highest BCUT2D eigenvalue weighted by Gasteiger charge is 2.30. The second kappa shape index (κ2) is 6.93. The number of methoxy groups -OCH3 is 1. The minimum Gasteiger partial charge on any atom is -0.466 e. The van der Waals surface area contributed by atoms with E-state index in [1.165, 1.54) is 7.11 Å². The largest absolute Gasteiger partial charge is 0.466 e. The van der Waals surface area contributed by atoms with E-state index in [0.717, 1.165) is 11.3 Å². The van der Waals surface area contributed by atoms with Crippen molar-refractivity contribution in [3.05, 3.63) is 48.1 Å². The van der Waals surface area contributed by atoms with Crippen LogP contribution in [0.25, 0.3) is 6.08 Å². The van der Waals surface area contributed by atoms with E-state index < -0.39 is 12.1 Å². The summed E-state index contributed by atoms with van der Waals surface area (Å²) in [6.45, 7) is 5.77. The van der Waals surface area contributed by atoms with Crippen LogP contribution in [0.15, 0.2) is 42.5 Å². The molecule has 5 nitrogen and oxygen atoms in total. The first kappa shape index (κ1) is 15.8. The molecule has 0 spiro atoms. The molecule has 1 heterocycles. The first-order valence-electron chi connectivity index (χ1n) is 7.07. The zero-order valence-electron chi connectivity index (χ0n) is 12.7. The van der Waals surface area contributed by atoms with E-state index in [2.05, 4.69) is 11.3 Å². The van der Waals surface area contributed by atoms with E-state index in [1.807, 2.05) is 36.4 Å². The normalized spacial score (nSPS) is 15.9. The van der Waals surface area contributed by atoms with Gasteiger partial charge in [-0.15, -0.1) is 0 Å². The van der Waals surface area contributed by atoms with Gasteiger partial charge in [0, 0.05) is 12.0 Å². The predicted molar refractivity (Wildman–Crippen MR) is 84.5 cm³/mol. The molecule has 2 rings (SSSR count). The zero-order valence-corrected chi connectivity index (χ0v) is 12.7. The Bertz CT molecular complexity index is 621. The summed E-state index contributed by atoms with van der Waals surface area (Å²) in [4.78, 5) is 25.4. The predicted octanol–water partition coefficient (Wildman–Crippen LogP) is 3.16. The van der Waals surface area contributed by atoms with Gasteiger partial charge in [-0.1, -0.05) is 36.9 Å². The van der Waals surface area contributed by atoms with Crippen molar-refractivity contribution in [1.82, 2.24) is 0 Å². The van der Waals surface area contributed by atoms with E-state index in [0.29, 0.717) is 5.57 Å². The number of hydrogen-bond acceptors (Lipinski definition) is 4. The first-order chi connectivity index (χ1) is 10.6. The summed E-state index contributed by atoms with van der Waals surface area (Å²) in [5, 5.41) is 0. The van der Waals surface area contributed by atoms with Crippen LogP contribution in [0.5, 0.6) is 0 Å². The number of anilines is 1. The maximum absolute atomic E-state index is 12.3. The average molecular weight is 301 g/mol. The molecule has 1 amide bonds. The molecular weight excluding hydrogens is 282 g/mol. The lowest BCUT2D eigenvalue weighted by atomic mass is 9.98. The number of amides is 1. The van der Waals surface area contributed by atoms with Crippen molar-refractivity contribution in [3.8, 4) is 0 Å². The molecular formula is C17H19NO4. The van der Waals surface area contributed by atoms with Crippen molar-refractivity contribution in [2.45, 2.75) is 19.4 Å². The lowest BCUT2D eigenvalue weighted by molar-refractivity contribution is -0.136. The fourth-order valence-electron chi connectivity index (χ4n) is 2.39. The van der Waals surface area contributed by atoms with Gasteiger partial charge < -0.3 is 9.47 Å². The van der Waals surface area contributed by atoms with Gasteiger partial charge in [0.15, 0.2) is 0 Å². The van der Waals surface area contributed by atoms with Gasteiger partial charge in [0.25, 0.3) is 0 Å². The number of benzene rings is 1. The van der Waals surface area contributed by atoms with Gasteiger partial charge in [0.1, 0.15) is 0 Å². The van der Waals surface area contributed by atoms with Crippen molar-refractivity contribution in [2.24, 2.45) is 0 Å². The van der Waals surface area contributed by atoms with E-state index in [1.54, 1.807) is 11.8 Å². The molecule has 5 heteroatoms. The number of rotatable bonds is 4. The van der Waals surface area contributed by atoms with Crippen molar-refractivity contribution in [3.63, 3.8) is 0 Å². The lowest BCUT2D eigenvalue weighted by Gasteiger charge is -2.33. The number of esters is 1. The molecule has 1 atom stereocenters. The topological polar surface area (TPSA) is 55.8 Å². The standard InChI is InChI=1S/C17H19NO4/c1-4-22-17(20)18-14(11-12(2)16(19)21-3)10-9-13-7-5-6-8-15(13)18/h5-10,14H,2,4,11H2,1,3H3. The Morgan fingerprint density at radius 2 is 2.05 bits per heavy atom. The van der Waals surface area contributed by atoms with Gasteiger partial charge in [-0.2, -0.15) is 0 Å². The highest BCUT2D eigenvalue weighted by atomic mass is 16.6. The Balaban J connectivity index is 2.31. The summed E-state index contributed by atoms with van der Waals surface area (Å²) in [7, 11) is 1.31. The van der Waals surface area contributed by atoms with Crippen molar-refractivity contribution in [1.29, 1.82) is 0 Å². The fraction of sp³-hybridized carbons (Fsp3) is 0.294. The Labute approximate surface area is 129 Å². The molecule has 1 aliphatic heterocycles. The average Bonchev–Trinajstić information content (AvgIpc) is 2.53. The number of ether oxygens (including phenoxy) is 2. The molecule has 0 saturated heterocycles. The summed E-state index contributed by atoms with van der Waals surface area (Å²) < 4.78 is 9.81. The van der Waals surface area contributed by atoms with Crippen molar-refractivity contribution >= 4 is 23.8 Å². The summed E-state index contributed by atoms with van der Waals surface area (Å²) in [5.74, 6) is -0.476. The third-order valence-electron chi connectivity index (χ3n) is 3.42. The van der Waals surface area contributed by atoms with Gasteiger partial charge in [-0.3, -0.25) is 4.90 Å². The van der Waals surface area contributed by atoms with Gasteiger partial charge in [-0.25, -0.2) is 9.59 Å². The molecule has 0 aromatic heterocycles. The minimum atomic E-state index is -0.476. The third-order valence-corrected chi connectivity index (χ3v) is 3.42. The second-order valence-electron chi connectivity index (χ2n) is 4.85. The second-order valence-corrected chi connectivity index (χ2v) is 4.85. The number of carbonyl (C=O) groups excluding carboxylic acids is 2. The highest BCUT2D eigenvalue weighted by Crippen LogP contribution is 2.31. The van der Waals surface area contributed by atoms with Crippen LogP contribution in [0.4, 0.5) is 10.5 Å². The van der Waals surface area contributed by atoms with Gasteiger partial charge in [0.05, 0.1) is 25.4 Å². The summed E-state index contributed by atoms with van der Waals surface area (Å²) >= 11 is 0. The molecule has 22 heavy (non-hydrogen) atoms. The van der Waals surface area contributed by atoms with Gasteiger partial charge in [0.2, 0.25) is 0 Å². The first-order valence-corrected chi connectivity index (χ1v) is 7.07. The number of fused-ring (bicyclic) bond motifs is 1. The Kier molecular flexibility index (Phi) is 4.99. The highest BCUT2D eigenvalue weighted by molar-refractivity contribution is 5.94. The number of hydrogen-bond donors (Lipinski definition) is 0. The van der Waals surface area contributed by atoms with E-state index in [4.69, 9.17) is 4.74 Å². The van der Waals surface area contributed by atoms with Crippen LogP contribution in [0.2, 0.25) is 0 Å². The zero-order chi connectivity index (χ0) is 16.1. The number of nitrogens with zero attached hydrogens (tertiary/aromatic N) is 1. The maximum Gasteiger partial charge on any atom is 0.414 e. The Morgan fingerprint density at radius 3 is 2.73 bits per heavy atom. The SMILES string of the molecule is C=C(CC1C=Cc2ccccc2N1C(=O)OCC)C(=O)OC. The molecule has 1 unspecified atom stereocenters. The molecule has 116 valence electrons. The van der Waals surface area contributed by atoms with E-state index in [9.17, 15) is 9.59 Å². The third kappa shape index (κ3) is 3.19.